The zero-order valence-corrected chi connectivity index (χ0v) is 13.1. The van der Waals surface area contributed by atoms with Gasteiger partial charge in [-0.15, -0.1) is 0 Å². The van der Waals surface area contributed by atoms with Crippen LogP contribution in [0.4, 0.5) is 0 Å². The van der Waals surface area contributed by atoms with Crippen molar-refractivity contribution in [2.24, 2.45) is 0 Å². The van der Waals surface area contributed by atoms with E-state index in [9.17, 15) is 4.79 Å². The molecule has 4 rings (SSSR count). The van der Waals surface area contributed by atoms with Gasteiger partial charge in [0, 0.05) is 11.6 Å². The summed E-state index contributed by atoms with van der Waals surface area (Å²) >= 11 is 0. The Morgan fingerprint density at radius 2 is 1.92 bits per heavy atom. The van der Waals surface area contributed by atoms with Gasteiger partial charge in [-0.05, 0) is 18.6 Å². The average Bonchev–Trinajstić information content (AvgIpc) is 3.07. The molecule has 0 aliphatic carbocycles. The lowest BCUT2D eigenvalue weighted by Gasteiger charge is -2.05. The Kier molecular flexibility index (Phi) is 3.46. The van der Waals surface area contributed by atoms with Crippen LogP contribution in [0.1, 0.15) is 11.3 Å². The van der Waals surface area contributed by atoms with Crippen LogP contribution in [0, 0.1) is 6.92 Å². The fourth-order valence-corrected chi connectivity index (χ4v) is 2.75. The lowest BCUT2D eigenvalue weighted by Crippen LogP contribution is -2.21. The van der Waals surface area contributed by atoms with E-state index in [0.717, 1.165) is 16.6 Å². The van der Waals surface area contributed by atoms with E-state index in [1.807, 2.05) is 55.5 Å². The molecule has 0 fully saturated rings. The Bertz CT molecular complexity index is 1060. The van der Waals surface area contributed by atoms with E-state index >= 15 is 0 Å². The molecule has 0 saturated heterocycles. The molecular formula is C19H15N3O2. The van der Waals surface area contributed by atoms with Gasteiger partial charge in [-0.2, -0.15) is 0 Å². The molecule has 0 spiro atoms. The molecule has 0 unspecified atom stereocenters. The Morgan fingerprint density at radius 3 is 2.75 bits per heavy atom. The van der Waals surface area contributed by atoms with Gasteiger partial charge in [0.25, 0.3) is 5.56 Å². The summed E-state index contributed by atoms with van der Waals surface area (Å²) in [7, 11) is 0. The summed E-state index contributed by atoms with van der Waals surface area (Å²) < 4.78 is 6.93. The van der Waals surface area contributed by atoms with E-state index < -0.39 is 0 Å². The topological polar surface area (TPSA) is 60.9 Å². The van der Waals surface area contributed by atoms with Gasteiger partial charge in [0.05, 0.1) is 23.8 Å². The number of hydrogen-bond acceptors (Lipinski definition) is 4. The number of nitrogens with zero attached hydrogens (tertiary/aromatic N) is 3. The second-order valence-electron chi connectivity index (χ2n) is 5.70. The number of aromatic nitrogens is 3. The Morgan fingerprint density at radius 1 is 1.08 bits per heavy atom. The predicted molar refractivity (Wildman–Crippen MR) is 91.8 cm³/mol. The van der Waals surface area contributed by atoms with Crippen molar-refractivity contribution in [3.8, 4) is 11.3 Å². The predicted octanol–water partition coefficient (Wildman–Crippen LogP) is 3.41. The van der Waals surface area contributed by atoms with Crippen molar-refractivity contribution in [2.45, 2.75) is 13.5 Å². The van der Waals surface area contributed by atoms with Gasteiger partial charge < -0.3 is 4.52 Å². The molecule has 2 aromatic carbocycles. The lowest BCUT2D eigenvalue weighted by molar-refractivity contribution is 0.420. The molecular weight excluding hydrogens is 302 g/mol. The van der Waals surface area contributed by atoms with Gasteiger partial charge in [-0.25, -0.2) is 4.98 Å². The largest absolute Gasteiger partial charge is 0.356 e. The summed E-state index contributed by atoms with van der Waals surface area (Å²) in [5.74, 6) is 0.684. The van der Waals surface area contributed by atoms with Crippen LogP contribution in [0.15, 0.2) is 70.2 Å². The number of fused-ring (bicyclic) bond motifs is 1. The van der Waals surface area contributed by atoms with Crippen LogP contribution >= 0.6 is 0 Å². The second-order valence-corrected chi connectivity index (χ2v) is 5.70. The van der Waals surface area contributed by atoms with E-state index in [2.05, 4.69) is 10.1 Å². The fraction of sp³-hybridized carbons (Fsp3) is 0.105. The van der Waals surface area contributed by atoms with Crippen LogP contribution in [0.2, 0.25) is 0 Å². The maximum absolute atomic E-state index is 12.6. The van der Waals surface area contributed by atoms with Crippen molar-refractivity contribution < 1.29 is 4.52 Å². The van der Waals surface area contributed by atoms with Crippen LogP contribution in [0.5, 0.6) is 0 Å². The van der Waals surface area contributed by atoms with Crippen LogP contribution in [-0.4, -0.2) is 14.7 Å². The highest BCUT2D eigenvalue weighted by Gasteiger charge is 2.10. The summed E-state index contributed by atoms with van der Waals surface area (Å²) in [6, 6.07) is 17.2. The fourth-order valence-electron chi connectivity index (χ4n) is 2.75. The molecule has 24 heavy (non-hydrogen) atoms. The van der Waals surface area contributed by atoms with Crippen LogP contribution < -0.4 is 5.56 Å². The lowest BCUT2D eigenvalue weighted by atomic mass is 10.1. The number of benzene rings is 2. The standard InChI is InChI=1S/C19H15N3O2/c1-13-6-5-9-16-18(13)20-12-22(19(16)23)11-15-10-17(24-21-15)14-7-3-2-4-8-14/h2-10,12H,11H2,1H3. The van der Waals surface area contributed by atoms with Crippen molar-refractivity contribution in [1.29, 1.82) is 0 Å². The summed E-state index contributed by atoms with van der Waals surface area (Å²) in [6.45, 7) is 2.27. The van der Waals surface area contributed by atoms with E-state index in [1.165, 1.54) is 0 Å². The van der Waals surface area contributed by atoms with Crippen LogP contribution in [-0.2, 0) is 6.54 Å². The molecule has 0 bridgehead atoms. The smallest absolute Gasteiger partial charge is 0.261 e. The average molecular weight is 317 g/mol. The Balaban J connectivity index is 1.69. The maximum Gasteiger partial charge on any atom is 0.261 e. The van der Waals surface area contributed by atoms with Gasteiger partial charge in [0.15, 0.2) is 5.76 Å². The highest BCUT2D eigenvalue weighted by molar-refractivity contribution is 5.80. The molecule has 4 aromatic rings. The van der Waals surface area contributed by atoms with Gasteiger partial charge >= 0.3 is 0 Å². The van der Waals surface area contributed by atoms with E-state index in [-0.39, 0.29) is 5.56 Å². The highest BCUT2D eigenvalue weighted by Crippen LogP contribution is 2.20. The third-order valence-electron chi connectivity index (χ3n) is 4.00. The first kappa shape index (κ1) is 14.4. The summed E-state index contributed by atoms with van der Waals surface area (Å²) in [5.41, 5.74) is 3.29. The van der Waals surface area contributed by atoms with Gasteiger partial charge in [-0.1, -0.05) is 47.6 Å². The summed E-state index contributed by atoms with van der Waals surface area (Å²) in [5, 5.41) is 4.68. The van der Waals surface area contributed by atoms with Crippen molar-refractivity contribution in [3.05, 3.63) is 82.5 Å². The van der Waals surface area contributed by atoms with Crippen molar-refractivity contribution in [1.82, 2.24) is 14.7 Å². The number of hydrogen-bond donors (Lipinski definition) is 0. The molecule has 5 heteroatoms. The monoisotopic (exact) mass is 317 g/mol. The van der Waals surface area contributed by atoms with E-state index in [1.54, 1.807) is 17.0 Å². The van der Waals surface area contributed by atoms with Crippen LogP contribution in [0.3, 0.4) is 0 Å². The van der Waals surface area contributed by atoms with Crippen LogP contribution in [0.25, 0.3) is 22.2 Å². The Labute approximate surface area is 138 Å². The molecule has 0 aliphatic heterocycles. The zero-order valence-electron chi connectivity index (χ0n) is 13.1. The molecule has 5 nitrogen and oxygen atoms in total. The van der Waals surface area contributed by atoms with Gasteiger partial charge in [0.1, 0.15) is 5.69 Å². The third kappa shape index (κ3) is 2.50. The normalized spacial score (nSPS) is 11.0. The molecule has 2 aromatic heterocycles. The minimum Gasteiger partial charge on any atom is -0.356 e. The number of aryl methyl sites for hydroxylation is 1. The van der Waals surface area contributed by atoms with Gasteiger partial charge in [-0.3, -0.25) is 9.36 Å². The van der Waals surface area contributed by atoms with Crippen molar-refractivity contribution in [3.63, 3.8) is 0 Å². The zero-order chi connectivity index (χ0) is 16.5. The number of para-hydroxylation sites is 1. The third-order valence-corrected chi connectivity index (χ3v) is 4.00. The quantitative estimate of drug-likeness (QED) is 0.581. The van der Waals surface area contributed by atoms with Crippen molar-refractivity contribution >= 4 is 10.9 Å². The van der Waals surface area contributed by atoms with Crippen molar-refractivity contribution in [2.75, 3.05) is 0 Å². The summed E-state index contributed by atoms with van der Waals surface area (Å²) in [6.07, 6.45) is 1.56. The minimum absolute atomic E-state index is 0.0760. The highest BCUT2D eigenvalue weighted by atomic mass is 16.5. The molecule has 0 atom stereocenters. The maximum atomic E-state index is 12.6. The SMILES string of the molecule is Cc1cccc2c(=O)n(Cc3cc(-c4ccccc4)on3)cnc12. The first-order chi connectivity index (χ1) is 11.7. The van der Waals surface area contributed by atoms with E-state index in [0.29, 0.717) is 23.4 Å². The van der Waals surface area contributed by atoms with Gasteiger partial charge in [0.2, 0.25) is 0 Å². The first-order valence-corrected chi connectivity index (χ1v) is 7.68. The molecule has 0 saturated carbocycles. The molecule has 2 heterocycles. The molecule has 0 radical (unpaired) electrons. The number of rotatable bonds is 3. The molecule has 0 N–H and O–H groups in total. The first-order valence-electron chi connectivity index (χ1n) is 7.68. The minimum atomic E-state index is -0.0760. The van der Waals surface area contributed by atoms with E-state index in [4.69, 9.17) is 4.52 Å². The molecule has 118 valence electrons. The second kappa shape index (κ2) is 5.77. The Hall–Kier alpha value is -3.21. The summed E-state index contributed by atoms with van der Waals surface area (Å²) in [4.78, 5) is 17.0. The molecule has 0 amide bonds. The molecule has 0 aliphatic rings.